The molecule has 0 unspecified atom stereocenters. The fourth-order valence-electron chi connectivity index (χ4n) is 2.13. The van der Waals surface area contributed by atoms with E-state index in [1.54, 1.807) is 24.3 Å². The van der Waals surface area contributed by atoms with Crippen molar-refractivity contribution in [2.45, 2.75) is 12.6 Å². The largest absolute Gasteiger partial charge is 0.478 e. The Morgan fingerprint density at radius 2 is 2.16 bits per heavy atom. The lowest BCUT2D eigenvalue weighted by Crippen LogP contribution is -2.48. The molecular formula is C13H16N2O4. The first kappa shape index (κ1) is 13.5. The van der Waals surface area contributed by atoms with Gasteiger partial charge in [-0.05, 0) is 11.6 Å². The van der Waals surface area contributed by atoms with Gasteiger partial charge in [-0.1, -0.05) is 18.2 Å². The monoisotopic (exact) mass is 264 g/mol. The van der Waals surface area contributed by atoms with Crippen LogP contribution in [0.4, 0.5) is 0 Å². The van der Waals surface area contributed by atoms with Crippen LogP contribution in [0.25, 0.3) is 0 Å². The summed E-state index contributed by atoms with van der Waals surface area (Å²) in [4.78, 5) is 24.2. The summed E-state index contributed by atoms with van der Waals surface area (Å²) in [6.07, 6.45) is -0.620. The highest BCUT2D eigenvalue weighted by molar-refractivity contribution is 5.89. The van der Waals surface area contributed by atoms with E-state index in [1.165, 1.54) is 0 Å². The van der Waals surface area contributed by atoms with Crippen LogP contribution in [0.1, 0.15) is 15.9 Å². The van der Waals surface area contributed by atoms with Crippen molar-refractivity contribution >= 4 is 11.9 Å². The van der Waals surface area contributed by atoms with Gasteiger partial charge in [-0.3, -0.25) is 9.69 Å². The number of hydrogen-bond donors (Lipinski definition) is 2. The quantitative estimate of drug-likeness (QED) is 0.802. The Bertz CT molecular complexity index is 489. The van der Waals surface area contributed by atoms with Crippen LogP contribution >= 0.6 is 0 Å². The van der Waals surface area contributed by atoms with Crippen molar-refractivity contribution in [2.75, 3.05) is 19.7 Å². The Hall–Kier alpha value is -1.92. The zero-order chi connectivity index (χ0) is 13.8. The summed E-state index contributed by atoms with van der Waals surface area (Å²) in [6, 6.07) is 6.84. The first-order valence-electron chi connectivity index (χ1n) is 6.02. The van der Waals surface area contributed by atoms with E-state index in [2.05, 4.69) is 0 Å². The lowest BCUT2D eigenvalue weighted by Gasteiger charge is -2.31. The highest BCUT2D eigenvalue weighted by Crippen LogP contribution is 2.14. The van der Waals surface area contributed by atoms with Gasteiger partial charge in [0.2, 0.25) is 5.91 Å². The second kappa shape index (κ2) is 5.81. The molecule has 0 spiro atoms. The third-order valence-electron chi connectivity index (χ3n) is 3.11. The van der Waals surface area contributed by atoms with Gasteiger partial charge in [0, 0.05) is 19.6 Å². The molecule has 1 fully saturated rings. The molecule has 0 radical (unpaired) electrons. The van der Waals surface area contributed by atoms with Crippen LogP contribution in [0, 0.1) is 0 Å². The summed E-state index contributed by atoms with van der Waals surface area (Å²) >= 11 is 0. The molecule has 0 bridgehead atoms. The standard InChI is InChI=1S/C13H16N2O4/c14-12(16)11-8-15(5-6-19-11)7-9-3-1-2-4-10(9)13(17)18/h1-4,11H,5-8H2,(H2,14,16)(H,17,18)/t11-/m0/s1. The van der Waals surface area contributed by atoms with Gasteiger partial charge in [-0.2, -0.15) is 0 Å². The lowest BCUT2D eigenvalue weighted by atomic mass is 10.1. The molecule has 1 heterocycles. The van der Waals surface area contributed by atoms with Crippen LogP contribution in [-0.4, -0.2) is 47.7 Å². The molecular weight excluding hydrogens is 248 g/mol. The molecule has 19 heavy (non-hydrogen) atoms. The minimum atomic E-state index is -0.949. The van der Waals surface area contributed by atoms with Gasteiger partial charge in [0.25, 0.3) is 0 Å². The molecule has 0 saturated carbocycles. The summed E-state index contributed by atoms with van der Waals surface area (Å²) in [5.74, 6) is -1.44. The van der Waals surface area contributed by atoms with Crippen molar-refractivity contribution in [1.29, 1.82) is 0 Å². The summed E-state index contributed by atoms with van der Waals surface area (Å²) in [7, 11) is 0. The van der Waals surface area contributed by atoms with Gasteiger partial charge >= 0.3 is 5.97 Å². The Morgan fingerprint density at radius 3 is 2.84 bits per heavy atom. The maximum absolute atomic E-state index is 11.1. The van der Waals surface area contributed by atoms with Crippen LogP contribution in [0.15, 0.2) is 24.3 Å². The molecule has 3 N–H and O–H groups in total. The summed E-state index contributed by atoms with van der Waals surface area (Å²) < 4.78 is 5.25. The number of carboxylic acid groups (broad SMARTS) is 1. The molecule has 1 amide bonds. The number of carboxylic acids is 1. The topological polar surface area (TPSA) is 92.9 Å². The number of benzene rings is 1. The number of nitrogens with zero attached hydrogens (tertiary/aromatic N) is 1. The van der Waals surface area contributed by atoms with Gasteiger partial charge in [0.1, 0.15) is 6.10 Å². The molecule has 1 aromatic rings. The van der Waals surface area contributed by atoms with E-state index in [9.17, 15) is 9.59 Å². The first-order valence-corrected chi connectivity index (χ1v) is 6.02. The molecule has 6 nitrogen and oxygen atoms in total. The number of aromatic carboxylic acids is 1. The van der Waals surface area contributed by atoms with Gasteiger partial charge in [0.05, 0.1) is 12.2 Å². The van der Waals surface area contributed by atoms with Crippen molar-refractivity contribution in [3.05, 3.63) is 35.4 Å². The fraction of sp³-hybridized carbons (Fsp3) is 0.385. The predicted octanol–water partition coefficient (Wildman–Crippen LogP) is 0.0709. The maximum Gasteiger partial charge on any atom is 0.336 e. The van der Waals surface area contributed by atoms with Crippen molar-refractivity contribution in [2.24, 2.45) is 5.73 Å². The van der Waals surface area contributed by atoms with Crippen LogP contribution in [-0.2, 0) is 16.1 Å². The molecule has 0 aromatic heterocycles. The molecule has 0 aliphatic carbocycles. The third-order valence-corrected chi connectivity index (χ3v) is 3.11. The number of morpholine rings is 1. The van der Waals surface area contributed by atoms with E-state index in [0.717, 1.165) is 5.56 Å². The molecule has 102 valence electrons. The van der Waals surface area contributed by atoms with Gasteiger partial charge in [-0.25, -0.2) is 4.79 Å². The minimum Gasteiger partial charge on any atom is -0.478 e. The summed E-state index contributed by atoms with van der Waals surface area (Å²) in [5.41, 5.74) is 6.22. The number of amides is 1. The number of primary amides is 1. The van der Waals surface area contributed by atoms with Crippen LogP contribution in [0.2, 0.25) is 0 Å². The fourth-order valence-corrected chi connectivity index (χ4v) is 2.13. The summed E-state index contributed by atoms with van der Waals surface area (Å²) in [6.45, 7) is 1.93. The SMILES string of the molecule is NC(=O)[C@@H]1CN(Cc2ccccc2C(=O)O)CCO1. The van der Waals surface area contributed by atoms with E-state index in [1.807, 2.05) is 4.90 Å². The lowest BCUT2D eigenvalue weighted by molar-refractivity contribution is -0.135. The molecule has 1 aliphatic heterocycles. The number of nitrogens with two attached hydrogens (primary N) is 1. The number of carbonyl (C=O) groups is 2. The van der Waals surface area contributed by atoms with Crippen LogP contribution < -0.4 is 5.73 Å². The average Bonchev–Trinajstić information content (AvgIpc) is 2.39. The zero-order valence-electron chi connectivity index (χ0n) is 10.4. The number of ether oxygens (including phenoxy) is 1. The average molecular weight is 264 g/mol. The molecule has 2 rings (SSSR count). The van der Waals surface area contributed by atoms with Gasteiger partial charge in [0.15, 0.2) is 0 Å². The normalized spacial score (nSPS) is 20.1. The second-order valence-electron chi connectivity index (χ2n) is 4.46. The maximum atomic E-state index is 11.1. The van der Waals surface area contributed by atoms with E-state index in [0.29, 0.717) is 26.2 Å². The molecule has 1 aromatic carbocycles. The smallest absolute Gasteiger partial charge is 0.336 e. The van der Waals surface area contributed by atoms with Crippen LogP contribution in [0.5, 0.6) is 0 Å². The van der Waals surface area contributed by atoms with E-state index < -0.39 is 18.0 Å². The van der Waals surface area contributed by atoms with Crippen molar-refractivity contribution in [3.63, 3.8) is 0 Å². The Kier molecular flexibility index (Phi) is 4.13. The van der Waals surface area contributed by atoms with Crippen molar-refractivity contribution in [3.8, 4) is 0 Å². The summed E-state index contributed by atoms with van der Waals surface area (Å²) in [5, 5.41) is 9.12. The zero-order valence-corrected chi connectivity index (χ0v) is 10.4. The first-order chi connectivity index (χ1) is 9.08. The van der Waals surface area contributed by atoms with E-state index in [4.69, 9.17) is 15.6 Å². The Labute approximate surface area is 110 Å². The van der Waals surface area contributed by atoms with Gasteiger partial charge in [-0.15, -0.1) is 0 Å². The Morgan fingerprint density at radius 1 is 1.42 bits per heavy atom. The number of carbonyl (C=O) groups excluding carboxylic acids is 1. The number of hydrogen-bond acceptors (Lipinski definition) is 4. The predicted molar refractivity (Wildman–Crippen MR) is 67.6 cm³/mol. The molecule has 1 saturated heterocycles. The molecule has 1 aliphatic rings. The van der Waals surface area contributed by atoms with Gasteiger partial charge < -0.3 is 15.6 Å². The van der Waals surface area contributed by atoms with Crippen LogP contribution in [0.3, 0.4) is 0 Å². The van der Waals surface area contributed by atoms with E-state index in [-0.39, 0.29) is 5.56 Å². The highest BCUT2D eigenvalue weighted by atomic mass is 16.5. The molecule has 6 heteroatoms. The Balaban J connectivity index is 2.09. The third kappa shape index (κ3) is 3.30. The molecule has 1 atom stereocenters. The van der Waals surface area contributed by atoms with Crippen molar-refractivity contribution < 1.29 is 19.4 Å². The highest BCUT2D eigenvalue weighted by Gasteiger charge is 2.25. The van der Waals surface area contributed by atoms with E-state index >= 15 is 0 Å². The number of rotatable bonds is 4. The second-order valence-corrected chi connectivity index (χ2v) is 4.46. The van der Waals surface area contributed by atoms with Crippen molar-refractivity contribution in [1.82, 2.24) is 4.90 Å². The minimum absolute atomic E-state index is 0.282.